The Labute approximate surface area is 224 Å². The van der Waals surface area contributed by atoms with Crippen molar-refractivity contribution in [2.75, 3.05) is 55.4 Å². The average Bonchev–Trinajstić information content (AvgIpc) is 3.36. The summed E-state index contributed by atoms with van der Waals surface area (Å²) in [5.74, 6) is 1.08. The number of nitrogens with zero attached hydrogens (tertiary/aromatic N) is 7. The molecule has 0 atom stereocenters. The topological polar surface area (TPSA) is 82.4 Å². The van der Waals surface area contributed by atoms with Gasteiger partial charge in [0, 0.05) is 63.4 Å². The fourth-order valence-corrected chi connectivity index (χ4v) is 4.86. The molecular formula is C29H36N8O. The lowest BCUT2D eigenvalue weighted by molar-refractivity contribution is 0.0989. The Morgan fingerprint density at radius 1 is 1.13 bits per heavy atom. The summed E-state index contributed by atoms with van der Waals surface area (Å²) >= 11 is 0. The van der Waals surface area contributed by atoms with Gasteiger partial charge in [0.2, 0.25) is 5.95 Å². The maximum Gasteiger partial charge on any atom is 0.263 e. The highest BCUT2D eigenvalue weighted by atomic mass is 16.2. The molecule has 3 aromatic rings. The Morgan fingerprint density at radius 3 is 2.82 bits per heavy atom. The molecule has 198 valence electrons. The second-order valence-corrected chi connectivity index (χ2v) is 9.90. The van der Waals surface area contributed by atoms with Crippen LogP contribution in [-0.4, -0.2) is 70.8 Å². The van der Waals surface area contributed by atoms with Gasteiger partial charge in [0.1, 0.15) is 11.4 Å². The second kappa shape index (κ2) is 11.6. The smallest absolute Gasteiger partial charge is 0.263 e. The van der Waals surface area contributed by atoms with Crippen LogP contribution >= 0.6 is 0 Å². The van der Waals surface area contributed by atoms with Crippen LogP contribution in [0.2, 0.25) is 0 Å². The first kappa shape index (κ1) is 25.7. The molecule has 5 rings (SSSR count). The van der Waals surface area contributed by atoms with E-state index in [1.807, 2.05) is 54.0 Å². The summed E-state index contributed by atoms with van der Waals surface area (Å²) in [5, 5.41) is 7.74. The molecule has 0 radical (unpaired) electrons. The van der Waals surface area contributed by atoms with Gasteiger partial charge in [0.15, 0.2) is 0 Å². The standard InChI is InChI=1S/C29H36N8O/c1-4-30-29-31-19-26-27(33-29)35(3)15-16-36(28(26)38)24-11-8-12-25(17-24)37-21-23(18-32-37)20-34(2)14-13-22-9-6-5-7-10-22/h6,8-12,17-19,21H,4-5,7,13-16,20H2,1-3H3,(H,30,31,33). The molecule has 2 aliphatic rings. The Bertz CT molecular complexity index is 1340. The number of fused-ring (bicyclic) bond motifs is 1. The van der Waals surface area contributed by atoms with E-state index < -0.39 is 0 Å². The molecule has 9 heteroatoms. The molecule has 3 heterocycles. The largest absolute Gasteiger partial charge is 0.357 e. The van der Waals surface area contributed by atoms with Crippen LogP contribution in [0.5, 0.6) is 0 Å². The number of hydrogen-bond acceptors (Lipinski definition) is 7. The van der Waals surface area contributed by atoms with Crippen LogP contribution in [-0.2, 0) is 6.54 Å². The van der Waals surface area contributed by atoms with E-state index in [9.17, 15) is 4.79 Å². The van der Waals surface area contributed by atoms with Gasteiger partial charge in [0.05, 0.1) is 11.9 Å². The van der Waals surface area contributed by atoms with Gasteiger partial charge in [-0.15, -0.1) is 0 Å². The molecule has 1 aliphatic heterocycles. The third kappa shape index (κ3) is 5.78. The van der Waals surface area contributed by atoms with E-state index >= 15 is 0 Å². The summed E-state index contributed by atoms with van der Waals surface area (Å²) < 4.78 is 1.88. The first-order valence-corrected chi connectivity index (χ1v) is 13.3. The zero-order valence-electron chi connectivity index (χ0n) is 22.5. The summed E-state index contributed by atoms with van der Waals surface area (Å²) in [7, 11) is 4.11. The number of benzene rings is 1. The Hall–Kier alpha value is -3.98. The Kier molecular flexibility index (Phi) is 7.83. The number of amides is 1. The summed E-state index contributed by atoms with van der Waals surface area (Å²) in [5.41, 5.74) is 4.82. The van der Waals surface area contributed by atoms with Gasteiger partial charge < -0.3 is 20.0 Å². The molecule has 1 aromatic carbocycles. The van der Waals surface area contributed by atoms with Crippen LogP contribution < -0.4 is 15.1 Å². The van der Waals surface area contributed by atoms with Crippen molar-refractivity contribution in [2.45, 2.75) is 32.7 Å². The van der Waals surface area contributed by atoms with E-state index in [1.54, 1.807) is 11.1 Å². The zero-order valence-corrected chi connectivity index (χ0v) is 22.5. The number of carbonyl (C=O) groups is 1. The molecule has 0 bridgehead atoms. The molecule has 1 amide bonds. The predicted molar refractivity (Wildman–Crippen MR) is 152 cm³/mol. The summed E-state index contributed by atoms with van der Waals surface area (Å²) in [6, 6.07) is 7.96. The van der Waals surface area contributed by atoms with Crippen LogP contribution in [0.3, 0.4) is 0 Å². The van der Waals surface area contributed by atoms with Crippen molar-refractivity contribution in [2.24, 2.45) is 0 Å². The van der Waals surface area contributed by atoms with Gasteiger partial charge in [-0.1, -0.05) is 29.9 Å². The number of allylic oxidation sites excluding steroid dienone is 3. The Balaban J connectivity index is 1.29. The highest BCUT2D eigenvalue weighted by Crippen LogP contribution is 2.27. The monoisotopic (exact) mass is 512 g/mol. The Morgan fingerprint density at radius 2 is 2.00 bits per heavy atom. The minimum Gasteiger partial charge on any atom is -0.357 e. The zero-order chi connectivity index (χ0) is 26.5. The molecule has 9 nitrogen and oxygen atoms in total. The number of hydrogen-bond donors (Lipinski definition) is 1. The van der Waals surface area contributed by atoms with Crippen molar-refractivity contribution in [3.05, 3.63) is 77.8 Å². The second-order valence-electron chi connectivity index (χ2n) is 9.90. The van der Waals surface area contributed by atoms with Gasteiger partial charge in [-0.25, -0.2) is 9.67 Å². The van der Waals surface area contributed by atoms with Gasteiger partial charge in [-0.3, -0.25) is 4.79 Å². The SMILES string of the molecule is CCNc1ncc2c(n1)N(C)CCN(c1cccc(-n3cc(CN(C)CCC4=CCCC=C4)cn3)c1)C2=O. The third-order valence-corrected chi connectivity index (χ3v) is 6.95. The molecule has 2 aromatic heterocycles. The first-order chi connectivity index (χ1) is 18.5. The van der Waals surface area contributed by atoms with Crippen molar-refractivity contribution in [1.82, 2.24) is 24.6 Å². The minimum absolute atomic E-state index is 0.102. The normalized spacial score (nSPS) is 15.5. The average molecular weight is 513 g/mol. The quantitative estimate of drug-likeness (QED) is 0.458. The number of nitrogens with one attached hydrogen (secondary N) is 1. The maximum atomic E-state index is 13.6. The maximum absolute atomic E-state index is 13.6. The van der Waals surface area contributed by atoms with Crippen molar-refractivity contribution in [1.29, 1.82) is 0 Å². The number of aromatic nitrogens is 4. The number of rotatable bonds is 9. The van der Waals surface area contributed by atoms with E-state index in [1.165, 1.54) is 5.57 Å². The lowest BCUT2D eigenvalue weighted by Gasteiger charge is -2.21. The molecule has 38 heavy (non-hydrogen) atoms. The van der Waals surface area contributed by atoms with E-state index in [2.05, 4.69) is 56.8 Å². The van der Waals surface area contributed by atoms with Crippen LogP contribution in [0.4, 0.5) is 17.5 Å². The molecule has 0 saturated heterocycles. The van der Waals surface area contributed by atoms with Crippen molar-refractivity contribution >= 4 is 23.4 Å². The van der Waals surface area contributed by atoms with Gasteiger partial charge in [0.25, 0.3) is 5.91 Å². The van der Waals surface area contributed by atoms with Crippen molar-refractivity contribution < 1.29 is 4.79 Å². The fourth-order valence-electron chi connectivity index (χ4n) is 4.86. The molecule has 1 N–H and O–H groups in total. The van der Waals surface area contributed by atoms with Crippen LogP contribution in [0.1, 0.15) is 42.1 Å². The molecular weight excluding hydrogens is 476 g/mol. The summed E-state index contributed by atoms with van der Waals surface area (Å²) in [4.78, 5) is 28.6. The number of carbonyl (C=O) groups excluding carboxylic acids is 1. The molecule has 1 aliphatic carbocycles. The summed E-state index contributed by atoms with van der Waals surface area (Å²) in [6.07, 6.45) is 15.8. The van der Waals surface area contributed by atoms with E-state index in [-0.39, 0.29) is 5.91 Å². The van der Waals surface area contributed by atoms with Gasteiger partial charge in [-0.2, -0.15) is 10.1 Å². The molecule has 0 fully saturated rings. The van der Waals surface area contributed by atoms with Gasteiger partial charge >= 0.3 is 0 Å². The van der Waals surface area contributed by atoms with Gasteiger partial charge in [-0.05, 0) is 51.4 Å². The van der Waals surface area contributed by atoms with E-state index in [0.717, 1.165) is 55.8 Å². The van der Waals surface area contributed by atoms with Crippen LogP contribution in [0.15, 0.2) is 66.7 Å². The fraction of sp³-hybridized carbons (Fsp3) is 0.379. The van der Waals surface area contributed by atoms with E-state index in [0.29, 0.717) is 30.4 Å². The van der Waals surface area contributed by atoms with Crippen LogP contribution in [0, 0.1) is 0 Å². The summed E-state index contributed by atoms with van der Waals surface area (Å²) in [6.45, 7) is 5.76. The number of anilines is 3. The predicted octanol–water partition coefficient (Wildman–Crippen LogP) is 4.29. The highest BCUT2D eigenvalue weighted by molar-refractivity contribution is 6.09. The lowest BCUT2D eigenvalue weighted by Crippen LogP contribution is -2.33. The van der Waals surface area contributed by atoms with Crippen molar-refractivity contribution in [3.8, 4) is 5.69 Å². The highest BCUT2D eigenvalue weighted by Gasteiger charge is 2.28. The molecule has 0 unspecified atom stereocenters. The molecule has 0 spiro atoms. The minimum atomic E-state index is -0.102. The van der Waals surface area contributed by atoms with Crippen molar-refractivity contribution in [3.63, 3.8) is 0 Å². The van der Waals surface area contributed by atoms with Crippen LogP contribution in [0.25, 0.3) is 5.69 Å². The first-order valence-electron chi connectivity index (χ1n) is 13.3. The lowest BCUT2D eigenvalue weighted by atomic mass is 10.0. The third-order valence-electron chi connectivity index (χ3n) is 6.95. The molecule has 0 saturated carbocycles. The number of likely N-dealkylation sites (N-methyl/N-ethyl adjacent to an activating group) is 1. The van der Waals surface area contributed by atoms with E-state index in [4.69, 9.17) is 0 Å².